The molecular weight excluding hydrogens is 652 g/mol. The van der Waals surface area contributed by atoms with Gasteiger partial charge in [-0.3, -0.25) is 9.59 Å². The van der Waals surface area contributed by atoms with Crippen LogP contribution in [0.1, 0.15) is 39.5 Å². The van der Waals surface area contributed by atoms with E-state index in [2.05, 4.69) is 45.2 Å². The van der Waals surface area contributed by atoms with Gasteiger partial charge in [-0.05, 0) is 25.7 Å². The van der Waals surface area contributed by atoms with E-state index in [4.69, 9.17) is 55.9 Å². The fourth-order valence-corrected chi connectivity index (χ4v) is 5.44. The lowest BCUT2D eigenvalue weighted by molar-refractivity contribution is -0.156. The van der Waals surface area contributed by atoms with Crippen LogP contribution in [0.2, 0.25) is 0 Å². The maximum Gasteiger partial charge on any atom is 0.308 e. The second-order valence-electron chi connectivity index (χ2n) is 6.06. The fraction of sp³-hybridized carbons (Fsp3) is 0.875. The van der Waals surface area contributed by atoms with Gasteiger partial charge in [0.15, 0.2) is 0 Å². The molecule has 6 unspecified atom stereocenters. The van der Waals surface area contributed by atoms with Crippen molar-refractivity contribution in [2.75, 3.05) is 13.2 Å². The van der Waals surface area contributed by atoms with Crippen LogP contribution in [0.15, 0.2) is 0 Å². The molecule has 0 spiro atoms. The molecule has 0 bridgehead atoms. The van der Waals surface area contributed by atoms with E-state index in [0.29, 0.717) is 25.7 Å². The molecule has 0 radical (unpaired) electrons. The van der Waals surface area contributed by atoms with E-state index in [1.165, 1.54) is 0 Å². The zero-order chi connectivity index (χ0) is 20.3. The van der Waals surface area contributed by atoms with Gasteiger partial charge in [-0.2, -0.15) is 0 Å². The highest BCUT2D eigenvalue weighted by Crippen LogP contribution is 2.23. The van der Waals surface area contributed by atoms with Gasteiger partial charge in [0, 0.05) is 10.8 Å². The number of ether oxygens (including phenoxy) is 2. The Hall–Kier alpha value is 1.56. The van der Waals surface area contributed by atoms with Crippen molar-refractivity contribution in [2.24, 2.45) is 11.8 Å². The SMILES string of the molecule is CC(CC(Cl)CC(Cl)I)C(=O)OCCOC(=O)C(C)CC(Cl)CC(Cl)I. The standard InChI is InChI=1S/C16H24Cl4I2O4/c1-9(5-11(17)7-13(19)21)15(23)25-3-4-26-16(24)10(2)6-12(18)8-14(20)22/h9-14H,3-8H2,1-2H3. The Kier molecular flexibility index (Phi) is 16.3. The van der Waals surface area contributed by atoms with Crippen LogP contribution in [0.4, 0.5) is 0 Å². The number of hydrogen-bond donors (Lipinski definition) is 0. The molecule has 0 aliphatic carbocycles. The molecule has 0 aliphatic heterocycles. The highest BCUT2D eigenvalue weighted by molar-refractivity contribution is 14.1. The van der Waals surface area contributed by atoms with E-state index in [0.717, 1.165) is 0 Å². The number of esters is 2. The fourth-order valence-electron chi connectivity index (χ4n) is 2.11. The van der Waals surface area contributed by atoms with Crippen molar-refractivity contribution in [3.63, 3.8) is 0 Å². The first-order chi connectivity index (χ1) is 12.0. The van der Waals surface area contributed by atoms with Crippen LogP contribution in [0.3, 0.4) is 0 Å². The van der Waals surface area contributed by atoms with Crippen molar-refractivity contribution in [1.82, 2.24) is 0 Å². The van der Waals surface area contributed by atoms with Crippen LogP contribution >= 0.6 is 91.6 Å². The first-order valence-corrected chi connectivity index (χ1v) is 12.4. The molecule has 0 heterocycles. The highest BCUT2D eigenvalue weighted by Gasteiger charge is 2.22. The molecule has 0 aromatic heterocycles. The minimum absolute atomic E-state index is 0.0147. The van der Waals surface area contributed by atoms with Gasteiger partial charge in [0.25, 0.3) is 0 Å². The van der Waals surface area contributed by atoms with E-state index < -0.39 is 0 Å². The second-order valence-corrected chi connectivity index (χ2v) is 12.8. The molecular formula is C16H24Cl4I2O4. The third-order valence-electron chi connectivity index (χ3n) is 3.46. The summed E-state index contributed by atoms with van der Waals surface area (Å²) in [6.07, 6.45) is 2.19. The first-order valence-electron chi connectivity index (χ1n) is 8.20. The van der Waals surface area contributed by atoms with Gasteiger partial charge >= 0.3 is 11.9 Å². The van der Waals surface area contributed by atoms with Gasteiger partial charge in [0.05, 0.1) is 18.6 Å². The van der Waals surface area contributed by atoms with Crippen molar-refractivity contribution < 1.29 is 19.1 Å². The molecule has 0 saturated heterocycles. The van der Waals surface area contributed by atoms with E-state index in [9.17, 15) is 9.59 Å². The van der Waals surface area contributed by atoms with Crippen LogP contribution in [-0.4, -0.2) is 42.7 Å². The van der Waals surface area contributed by atoms with Gasteiger partial charge in [0.1, 0.15) is 13.2 Å². The largest absolute Gasteiger partial charge is 0.462 e. The molecule has 0 aromatic rings. The Bertz CT molecular complexity index is 389. The van der Waals surface area contributed by atoms with Crippen LogP contribution in [0, 0.1) is 11.8 Å². The summed E-state index contributed by atoms with van der Waals surface area (Å²) in [5.41, 5.74) is 0. The molecule has 0 amide bonds. The van der Waals surface area contributed by atoms with Crippen molar-refractivity contribution in [3.8, 4) is 0 Å². The molecule has 0 fully saturated rings. The monoisotopic (exact) mass is 674 g/mol. The molecule has 154 valence electrons. The van der Waals surface area contributed by atoms with Crippen LogP contribution in [0.5, 0.6) is 0 Å². The maximum atomic E-state index is 11.9. The predicted molar refractivity (Wildman–Crippen MR) is 125 cm³/mol. The van der Waals surface area contributed by atoms with Crippen molar-refractivity contribution in [1.29, 1.82) is 0 Å². The summed E-state index contributed by atoms with van der Waals surface area (Å²) in [6, 6.07) is 0. The summed E-state index contributed by atoms with van der Waals surface area (Å²) in [4.78, 5) is 23.8. The zero-order valence-electron chi connectivity index (χ0n) is 14.6. The van der Waals surface area contributed by atoms with Crippen molar-refractivity contribution in [2.45, 2.75) is 57.1 Å². The van der Waals surface area contributed by atoms with Crippen LogP contribution in [-0.2, 0) is 19.1 Å². The van der Waals surface area contributed by atoms with E-state index >= 15 is 0 Å². The third kappa shape index (κ3) is 14.5. The summed E-state index contributed by atoms with van der Waals surface area (Å²) in [6.45, 7) is 3.53. The number of hydrogen-bond acceptors (Lipinski definition) is 4. The van der Waals surface area contributed by atoms with Gasteiger partial charge in [0.2, 0.25) is 0 Å². The van der Waals surface area contributed by atoms with E-state index in [-0.39, 0.29) is 54.5 Å². The molecule has 0 saturated carbocycles. The molecule has 26 heavy (non-hydrogen) atoms. The molecule has 0 N–H and O–H groups in total. The maximum absolute atomic E-state index is 11.9. The molecule has 0 aromatic carbocycles. The lowest BCUT2D eigenvalue weighted by Crippen LogP contribution is -2.24. The average molecular weight is 676 g/mol. The first kappa shape index (κ1) is 27.6. The summed E-state index contributed by atoms with van der Waals surface area (Å²) < 4.78 is 10.1. The lowest BCUT2D eigenvalue weighted by Gasteiger charge is -2.17. The Morgan fingerprint density at radius 3 is 1.31 bits per heavy atom. The Labute approximate surface area is 203 Å². The summed E-state index contributed by atoms with van der Waals surface area (Å²) in [5, 5.41) is -0.372. The highest BCUT2D eigenvalue weighted by atomic mass is 127. The zero-order valence-corrected chi connectivity index (χ0v) is 21.9. The summed E-state index contributed by atoms with van der Waals surface area (Å²) in [7, 11) is 0. The normalized spacial score (nSPS) is 18.3. The summed E-state index contributed by atoms with van der Waals surface area (Å²) in [5.74, 6) is -1.41. The minimum Gasteiger partial charge on any atom is -0.462 e. The quantitative estimate of drug-likeness (QED) is 0.102. The van der Waals surface area contributed by atoms with Crippen LogP contribution in [0.25, 0.3) is 0 Å². The van der Waals surface area contributed by atoms with Gasteiger partial charge in [-0.25, -0.2) is 0 Å². The van der Waals surface area contributed by atoms with Gasteiger partial charge in [-0.15, -0.1) is 46.4 Å². The molecule has 4 nitrogen and oxygen atoms in total. The smallest absolute Gasteiger partial charge is 0.308 e. The number of rotatable bonds is 13. The number of carbonyl (C=O) groups is 2. The van der Waals surface area contributed by atoms with Gasteiger partial charge in [-0.1, -0.05) is 59.0 Å². The number of carbonyl (C=O) groups excluding carboxylic acids is 2. The van der Waals surface area contributed by atoms with Crippen LogP contribution < -0.4 is 0 Å². The molecule has 0 aliphatic rings. The Morgan fingerprint density at radius 2 is 1.04 bits per heavy atom. The van der Waals surface area contributed by atoms with E-state index in [1.54, 1.807) is 13.8 Å². The topological polar surface area (TPSA) is 52.6 Å². The molecule has 10 heteroatoms. The predicted octanol–water partition coefficient (Wildman–Crippen LogP) is 6.12. The number of alkyl halides is 6. The average Bonchev–Trinajstić information content (AvgIpc) is 2.48. The Morgan fingerprint density at radius 1 is 0.731 bits per heavy atom. The lowest BCUT2D eigenvalue weighted by atomic mass is 10.0. The Balaban J connectivity index is 3.98. The van der Waals surface area contributed by atoms with Crippen molar-refractivity contribution >= 4 is 104 Å². The minimum atomic E-state index is -0.365. The summed E-state index contributed by atoms with van der Waals surface area (Å²) >= 11 is 28.2. The van der Waals surface area contributed by atoms with Gasteiger partial charge < -0.3 is 9.47 Å². The third-order valence-corrected chi connectivity index (χ3v) is 5.55. The van der Waals surface area contributed by atoms with Crippen molar-refractivity contribution in [3.05, 3.63) is 0 Å². The molecule has 6 atom stereocenters. The molecule has 0 rings (SSSR count). The van der Waals surface area contributed by atoms with E-state index in [1.807, 2.05) is 0 Å². The number of halogens is 6. The second kappa shape index (κ2) is 15.4.